The van der Waals surface area contributed by atoms with Gasteiger partial charge >= 0.3 is 6.18 Å². The molecule has 0 unspecified atom stereocenters. The van der Waals surface area contributed by atoms with Gasteiger partial charge < -0.3 is 16.0 Å². The lowest BCUT2D eigenvalue weighted by molar-refractivity contribution is -0.150. The number of amides is 2. The maximum atomic E-state index is 12.5. The van der Waals surface area contributed by atoms with Gasteiger partial charge in [-0.25, -0.2) is 4.98 Å². The van der Waals surface area contributed by atoms with Crippen molar-refractivity contribution in [2.24, 2.45) is 0 Å². The molecule has 2 aromatic carbocycles. The molecule has 0 aliphatic heterocycles. The van der Waals surface area contributed by atoms with E-state index >= 15 is 0 Å². The van der Waals surface area contributed by atoms with Crippen LogP contribution in [-0.4, -0.2) is 30.0 Å². The molecule has 0 aliphatic rings. The average molecular weight is 491 g/mol. The molecular formula is C24H22ClF3N4O2. The SMILES string of the molecule is CNC(=O)c1c(Cl)cccc1-c1ccc(CNc2nccc(C)c2NC(=O)CC(F)(F)F)cc1. The third-order valence-corrected chi connectivity index (χ3v) is 5.29. The quantitative estimate of drug-likeness (QED) is 0.404. The number of aryl methyl sites for hydroxylation is 1. The highest BCUT2D eigenvalue weighted by Crippen LogP contribution is 2.30. The Balaban J connectivity index is 1.76. The molecule has 3 rings (SSSR count). The van der Waals surface area contributed by atoms with Gasteiger partial charge in [0.1, 0.15) is 12.2 Å². The van der Waals surface area contributed by atoms with Crippen molar-refractivity contribution in [1.29, 1.82) is 0 Å². The van der Waals surface area contributed by atoms with Crippen LogP contribution in [0.3, 0.4) is 0 Å². The smallest absolute Gasteiger partial charge is 0.364 e. The van der Waals surface area contributed by atoms with Crippen molar-refractivity contribution in [3.63, 3.8) is 0 Å². The lowest BCUT2D eigenvalue weighted by Crippen LogP contribution is -2.22. The maximum absolute atomic E-state index is 12.5. The summed E-state index contributed by atoms with van der Waals surface area (Å²) in [6.45, 7) is 1.97. The first-order chi connectivity index (χ1) is 16.1. The Morgan fingerprint density at radius 2 is 1.76 bits per heavy atom. The number of alkyl halides is 3. The lowest BCUT2D eigenvalue weighted by atomic mass is 9.98. The molecule has 0 radical (unpaired) electrons. The van der Waals surface area contributed by atoms with Gasteiger partial charge in [-0.05, 0) is 41.3 Å². The topological polar surface area (TPSA) is 83.1 Å². The molecule has 0 saturated carbocycles. The summed E-state index contributed by atoms with van der Waals surface area (Å²) in [4.78, 5) is 28.2. The first-order valence-electron chi connectivity index (χ1n) is 10.2. The third kappa shape index (κ3) is 6.26. The van der Waals surface area contributed by atoms with Crippen LogP contribution in [0.1, 0.15) is 27.9 Å². The molecule has 3 N–H and O–H groups in total. The fourth-order valence-corrected chi connectivity index (χ4v) is 3.58. The number of carbonyl (C=O) groups excluding carboxylic acids is 2. The largest absolute Gasteiger partial charge is 0.397 e. The first-order valence-corrected chi connectivity index (χ1v) is 10.6. The number of pyridine rings is 1. The van der Waals surface area contributed by atoms with Crippen molar-refractivity contribution in [3.05, 3.63) is 76.4 Å². The van der Waals surface area contributed by atoms with Gasteiger partial charge in [0.05, 0.1) is 16.3 Å². The van der Waals surface area contributed by atoms with E-state index in [2.05, 4.69) is 20.9 Å². The number of aromatic nitrogens is 1. The van der Waals surface area contributed by atoms with Crippen LogP contribution < -0.4 is 16.0 Å². The minimum absolute atomic E-state index is 0.197. The average Bonchev–Trinajstić information content (AvgIpc) is 2.78. The standard InChI is InChI=1S/C24H22ClF3N4O2/c1-14-10-11-30-22(21(14)32-19(33)12-24(26,27)28)31-13-15-6-8-16(9-7-15)17-4-3-5-18(25)20(17)23(34)29-2/h3-11H,12-13H2,1-2H3,(H,29,34)(H,30,31)(H,32,33). The Morgan fingerprint density at radius 3 is 2.41 bits per heavy atom. The minimum Gasteiger partial charge on any atom is -0.364 e. The predicted molar refractivity (Wildman–Crippen MR) is 126 cm³/mol. The normalized spacial score (nSPS) is 11.1. The Kier molecular flexibility index (Phi) is 7.78. The molecule has 0 spiro atoms. The van der Waals surface area contributed by atoms with Crippen LogP contribution >= 0.6 is 11.6 Å². The van der Waals surface area contributed by atoms with Crippen LogP contribution in [0.2, 0.25) is 5.02 Å². The molecule has 6 nitrogen and oxygen atoms in total. The summed E-state index contributed by atoms with van der Waals surface area (Å²) < 4.78 is 37.6. The van der Waals surface area contributed by atoms with Crippen molar-refractivity contribution in [3.8, 4) is 11.1 Å². The third-order valence-electron chi connectivity index (χ3n) is 4.98. The van der Waals surface area contributed by atoms with Crippen LogP contribution in [0.4, 0.5) is 24.7 Å². The number of nitrogens with zero attached hydrogens (tertiary/aromatic N) is 1. The van der Waals surface area contributed by atoms with Crippen LogP contribution in [0.15, 0.2) is 54.7 Å². The van der Waals surface area contributed by atoms with E-state index in [0.717, 1.165) is 11.1 Å². The van der Waals surface area contributed by atoms with Crippen LogP contribution in [0, 0.1) is 6.92 Å². The molecule has 0 atom stereocenters. The zero-order valence-corrected chi connectivity index (χ0v) is 19.1. The summed E-state index contributed by atoms with van der Waals surface area (Å²) in [6.07, 6.45) is -4.68. The second-order valence-corrected chi connectivity index (χ2v) is 7.89. The summed E-state index contributed by atoms with van der Waals surface area (Å²) in [5.74, 6) is -1.20. The summed E-state index contributed by atoms with van der Waals surface area (Å²) in [7, 11) is 1.53. The zero-order valence-electron chi connectivity index (χ0n) is 18.4. The molecule has 2 amide bonds. The fraction of sp³-hybridized carbons (Fsp3) is 0.208. The lowest BCUT2D eigenvalue weighted by Gasteiger charge is -2.15. The van der Waals surface area contributed by atoms with E-state index < -0.39 is 18.5 Å². The first kappa shape index (κ1) is 25.0. The van der Waals surface area contributed by atoms with E-state index in [-0.39, 0.29) is 17.4 Å². The number of anilines is 2. The Hall–Kier alpha value is -3.59. The zero-order chi connectivity index (χ0) is 24.9. The Morgan fingerprint density at radius 1 is 1.06 bits per heavy atom. The van der Waals surface area contributed by atoms with Crippen LogP contribution in [0.25, 0.3) is 11.1 Å². The van der Waals surface area contributed by atoms with Crippen LogP contribution in [0.5, 0.6) is 0 Å². The van der Waals surface area contributed by atoms with Crippen molar-refractivity contribution in [1.82, 2.24) is 10.3 Å². The highest BCUT2D eigenvalue weighted by Gasteiger charge is 2.31. The van der Waals surface area contributed by atoms with Crippen molar-refractivity contribution >= 4 is 34.9 Å². The van der Waals surface area contributed by atoms with Gasteiger partial charge in [0.25, 0.3) is 5.91 Å². The molecule has 178 valence electrons. The number of hydrogen-bond acceptors (Lipinski definition) is 4. The fourth-order valence-electron chi connectivity index (χ4n) is 3.32. The number of rotatable bonds is 7. The van der Waals surface area contributed by atoms with E-state index in [9.17, 15) is 22.8 Å². The molecular weight excluding hydrogens is 469 g/mol. The molecule has 0 fully saturated rings. The number of benzene rings is 2. The summed E-state index contributed by atoms with van der Waals surface area (Å²) in [6, 6.07) is 14.2. The predicted octanol–water partition coefficient (Wildman–Crippen LogP) is 5.57. The second kappa shape index (κ2) is 10.6. The number of nitrogens with one attached hydrogen (secondary N) is 3. The summed E-state index contributed by atoms with van der Waals surface area (Å²) in [5, 5.41) is 8.27. The molecule has 1 heterocycles. The maximum Gasteiger partial charge on any atom is 0.397 e. The number of halogens is 4. The molecule has 1 aromatic heterocycles. The summed E-state index contributed by atoms with van der Waals surface area (Å²) in [5.41, 5.74) is 3.47. The highest BCUT2D eigenvalue weighted by molar-refractivity contribution is 6.34. The van der Waals surface area contributed by atoms with Crippen LogP contribution in [-0.2, 0) is 11.3 Å². The minimum atomic E-state index is -4.60. The molecule has 3 aromatic rings. The molecule has 10 heteroatoms. The van der Waals surface area contributed by atoms with Gasteiger partial charge in [-0.3, -0.25) is 9.59 Å². The van der Waals surface area contributed by atoms with Crippen molar-refractivity contribution in [2.45, 2.75) is 26.1 Å². The van der Waals surface area contributed by atoms with Gasteiger partial charge in [0.2, 0.25) is 5.91 Å². The van der Waals surface area contributed by atoms with Gasteiger partial charge in [-0.15, -0.1) is 0 Å². The second-order valence-electron chi connectivity index (χ2n) is 7.48. The molecule has 0 saturated heterocycles. The van der Waals surface area contributed by atoms with Gasteiger partial charge in [-0.1, -0.05) is 48.0 Å². The van der Waals surface area contributed by atoms with E-state index in [1.165, 1.54) is 13.2 Å². The molecule has 34 heavy (non-hydrogen) atoms. The van der Waals surface area contributed by atoms with Crippen molar-refractivity contribution < 1.29 is 22.8 Å². The highest BCUT2D eigenvalue weighted by atomic mass is 35.5. The van der Waals surface area contributed by atoms with Gasteiger partial charge in [0, 0.05) is 19.8 Å². The van der Waals surface area contributed by atoms with E-state index in [1.54, 1.807) is 31.2 Å². The summed E-state index contributed by atoms with van der Waals surface area (Å²) >= 11 is 6.23. The van der Waals surface area contributed by atoms with Crippen molar-refractivity contribution in [2.75, 3.05) is 17.7 Å². The number of carbonyl (C=O) groups is 2. The van der Waals surface area contributed by atoms with Gasteiger partial charge in [-0.2, -0.15) is 13.2 Å². The Bertz CT molecular complexity index is 1200. The van der Waals surface area contributed by atoms with E-state index in [4.69, 9.17) is 11.6 Å². The Labute approximate surface area is 199 Å². The molecule has 0 aliphatic carbocycles. The molecule has 0 bridgehead atoms. The monoisotopic (exact) mass is 490 g/mol. The van der Waals surface area contributed by atoms with E-state index in [0.29, 0.717) is 28.3 Å². The van der Waals surface area contributed by atoms with Gasteiger partial charge in [0.15, 0.2) is 0 Å². The number of hydrogen-bond donors (Lipinski definition) is 3. The van der Waals surface area contributed by atoms with E-state index in [1.807, 2.05) is 24.3 Å².